The molecule has 1 aromatic heterocycles. The molecule has 8 nitrogen and oxygen atoms in total. The lowest BCUT2D eigenvalue weighted by Crippen LogP contribution is -2.25. The highest BCUT2D eigenvalue weighted by Gasteiger charge is 2.17. The van der Waals surface area contributed by atoms with Crippen LogP contribution in [-0.4, -0.2) is 42.2 Å². The van der Waals surface area contributed by atoms with E-state index in [0.717, 1.165) is 21.6 Å². The largest absolute Gasteiger partial charge is 0.504 e. The predicted molar refractivity (Wildman–Crippen MR) is 116 cm³/mol. The third-order valence-corrected chi connectivity index (χ3v) is 5.27. The fourth-order valence-corrected chi connectivity index (χ4v) is 3.90. The standard InChI is InChI=1S/C21H20N4O4S/c1-3-22-21-25(23-10-13-4-6-17(26)19(8-13)28-2)16(12-30-21)14-5-7-18-15(9-14)24-20(27)11-29-18/h4-10,12,26H,3,11H2,1-2H3,(H,24,27). The molecule has 1 amide bonds. The van der Waals surface area contributed by atoms with Gasteiger partial charge in [-0.3, -0.25) is 9.79 Å². The van der Waals surface area contributed by atoms with Crippen molar-refractivity contribution >= 4 is 29.1 Å². The summed E-state index contributed by atoms with van der Waals surface area (Å²) in [6.45, 7) is 2.60. The summed E-state index contributed by atoms with van der Waals surface area (Å²) in [4.78, 5) is 16.9. The Bertz CT molecular complexity index is 1200. The van der Waals surface area contributed by atoms with Crippen LogP contribution in [0.25, 0.3) is 11.3 Å². The number of methoxy groups -OCH3 is 1. The zero-order chi connectivity index (χ0) is 21.1. The summed E-state index contributed by atoms with van der Waals surface area (Å²) in [5.74, 6) is 0.897. The van der Waals surface area contributed by atoms with Crippen molar-refractivity contribution < 1.29 is 19.4 Å². The van der Waals surface area contributed by atoms with Gasteiger partial charge < -0.3 is 19.9 Å². The van der Waals surface area contributed by atoms with Crippen LogP contribution < -0.4 is 19.6 Å². The summed E-state index contributed by atoms with van der Waals surface area (Å²) in [7, 11) is 1.50. The van der Waals surface area contributed by atoms with E-state index >= 15 is 0 Å². The molecule has 0 saturated heterocycles. The zero-order valence-corrected chi connectivity index (χ0v) is 17.3. The summed E-state index contributed by atoms with van der Waals surface area (Å²) in [5.41, 5.74) is 3.09. The van der Waals surface area contributed by atoms with Gasteiger partial charge in [-0.05, 0) is 48.9 Å². The monoisotopic (exact) mass is 424 g/mol. The van der Waals surface area contributed by atoms with Gasteiger partial charge in [-0.2, -0.15) is 5.10 Å². The van der Waals surface area contributed by atoms with Crippen LogP contribution in [0.1, 0.15) is 12.5 Å². The first kappa shape index (κ1) is 19.7. The van der Waals surface area contributed by atoms with Gasteiger partial charge in [0, 0.05) is 17.5 Å². The molecular formula is C21H20N4O4S. The van der Waals surface area contributed by atoms with Crippen LogP contribution in [0.4, 0.5) is 5.69 Å². The Morgan fingerprint density at radius 1 is 1.33 bits per heavy atom. The molecule has 0 unspecified atom stereocenters. The van der Waals surface area contributed by atoms with E-state index in [1.165, 1.54) is 18.4 Å². The molecule has 0 spiro atoms. The maximum Gasteiger partial charge on any atom is 0.262 e. The van der Waals surface area contributed by atoms with Crippen molar-refractivity contribution in [1.82, 2.24) is 4.68 Å². The minimum absolute atomic E-state index is 0.0186. The molecule has 2 N–H and O–H groups in total. The van der Waals surface area contributed by atoms with Gasteiger partial charge in [0.05, 0.1) is 24.7 Å². The van der Waals surface area contributed by atoms with E-state index in [-0.39, 0.29) is 18.3 Å². The third-order valence-electron chi connectivity index (χ3n) is 4.41. The van der Waals surface area contributed by atoms with Gasteiger partial charge in [-0.1, -0.05) is 0 Å². The van der Waals surface area contributed by atoms with Crippen LogP contribution in [0.5, 0.6) is 17.2 Å². The Kier molecular flexibility index (Phi) is 5.53. The van der Waals surface area contributed by atoms with Crippen LogP contribution in [0.2, 0.25) is 0 Å². The molecule has 0 atom stereocenters. The van der Waals surface area contributed by atoms with E-state index in [4.69, 9.17) is 9.47 Å². The van der Waals surface area contributed by atoms with Crippen LogP contribution in [-0.2, 0) is 4.79 Å². The minimum atomic E-state index is -0.182. The molecule has 1 aliphatic rings. The number of aromatic hydroxyl groups is 1. The first-order valence-corrected chi connectivity index (χ1v) is 10.2. The normalized spacial score (nSPS) is 13.8. The van der Waals surface area contributed by atoms with Crippen molar-refractivity contribution in [2.75, 3.05) is 25.6 Å². The summed E-state index contributed by atoms with van der Waals surface area (Å²) < 4.78 is 12.3. The number of anilines is 1. The van der Waals surface area contributed by atoms with Gasteiger partial charge in [0.25, 0.3) is 5.91 Å². The Morgan fingerprint density at radius 2 is 2.20 bits per heavy atom. The van der Waals surface area contributed by atoms with Crippen molar-refractivity contribution in [3.8, 4) is 28.5 Å². The summed E-state index contributed by atoms with van der Waals surface area (Å²) in [6, 6.07) is 10.6. The summed E-state index contributed by atoms with van der Waals surface area (Å²) >= 11 is 1.48. The number of fused-ring (bicyclic) bond motifs is 1. The number of hydrogen-bond acceptors (Lipinski definition) is 7. The zero-order valence-electron chi connectivity index (χ0n) is 16.5. The van der Waals surface area contributed by atoms with E-state index in [1.807, 2.05) is 30.5 Å². The first-order valence-electron chi connectivity index (χ1n) is 9.28. The summed E-state index contributed by atoms with van der Waals surface area (Å²) in [5, 5.41) is 19.2. The molecular weight excluding hydrogens is 404 g/mol. The number of amides is 1. The van der Waals surface area contributed by atoms with Crippen molar-refractivity contribution in [2.24, 2.45) is 10.1 Å². The second-order valence-electron chi connectivity index (χ2n) is 6.41. The van der Waals surface area contributed by atoms with Gasteiger partial charge in [-0.15, -0.1) is 11.3 Å². The fourth-order valence-electron chi connectivity index (χ4n) is 2.99. The molecule has 0 bridgehead atoms. The second kappa shape index (κ2) is 8.42. The Morgan fingerprint density at radius 3 is 3.00 bits per heavy atom. The molecule has 1 aliphatic heterocycles. The lowest BCUT2D eigenvalue weighted by Gasteiger charge is -2.18. The van der Waals surface area contributed by atoms with E-state index in [1.54, 1.807) is 29.1 Å². The number of phenols is 1. The number of nitrogens with one attached hydrogen (secondary N) is 1. The van der Waals surface area contributed by atoms with Gasteiger partial charge in [0.2, 0.25) is 4.80 Å². The number of nitrogens with zero attached hydrogens (tertiary/aromatic N) is 3. The number of ether oxygens (including phenoxy) is 2. The van der Waals surface area contributed by atoms with E-state index < -0.39 is 0 Å². The molecule has 0 radical (unpaired) electrons. The molecule has 0 saturated carbocycles. The molecule has 0 fully saturated rings. The quantitative estimate of drug-likeness (QED) is 0.615. The first-order chi connectivity index (χ1) is 14.6. The predicted octanol–water partition coefficient (Wildman–Crippen LogP) is 3.06. The number of carbonyl (C=O) groups is 1. The number of carbonyl (C=O) groups excluding carboxylic acids is 1. The number of phenolic OH excluding ortho intramolecular Hbond substituents is 1. The average Bonchev–Trinajstić information content (AvgIpc) is 3.15. The Labute approximate surface area is 176 Å². The van der Waals surface area contributed by atoms with E-state index in [9.17, 15) is 9.90 Å². The third kappa shape index (κ3) is 3.92. The van der Waals surface area contributed by atoms with Crippen LogP contribution in [0.15, 0.2) is 51.9 Å². The molecule has 0 aliphatic carbocycles. The number of benzene rings is 2. The Balaban J connectivity index is 1.75. The van der Waals surface area contributed by atoms with Crippen LogP contribution in [0.3, 0.4) is 0 Å². The van der Waals surface area contributed by atoms with Gasteiger partial charge in [0.1, 0.15) is 5.75 Å². The van der Waals surface area contributed by atoms with E-state index in [0.29, 0.717) is 23.7 Å². The number of thiazole rings is 1. The van der Waals surface area contributed by atoms with Crippen molar-refractivity contribution in [1.29, 1.82) is 0 Å². The molecule has 154 valence electrons. The highest BCUT2D eigenvalue weighted by atomic mass is 32.1. The lowest BCUT2D eigenvalue weighted by molar-refractivity contribution is -0.118. The van der Waals surface area contributed by atoms with Crippen LogP contribution in [0, 0.1) is 0 Å². The number of rotatable bonds is 5. The smallest absolute Gasteiger partial charge is 0.262 e. The van der Waals surface area contributed by atoms with Gasteiger partial charge in [-0.25, -0.2) is 4.68 Å². The SMILES string of the molecule is CCN=c1scc(-c2ccc3c(c2)NC(=O)CO3)n1N=Cc1ccc(O)c(OC)c1. The Hall–Kier alpha value is -3.59. The van der Waals surface area contributed by atoms with Crippen molar-refractivity contribution in [2.45, 2.75) is 6.92 Å². The maximum absolute atomic E-state index is 11.7. The maximum atomic E-state index is 11.7. The number of hydrogen-bond donors (Lipinski definition) is 2. The fraction of sp³-hybridized carbons (Fsp3) is 0.190. The molecule has 3 aromatic rings. The molecule has 2 heterocycles. The molecule has 2 aromatic carbocycles. The van der Waals surface area contributed by atoms with Crippen molar-refractivity contribution in [3.63, 3.8) is 0 Å². The lowest BCUT2D eigenvalue weighted by atomic mass is 10.1. The molecule has 9 heteroatoms. The average molecular weight is 424 g/mol. The van der Waals surface area contributed by atoms with E-state index in [2.05, 4.69) is 15.4 Å². The topological polar surface area (TPSA) is 97.4 Å². The molecule has 30 heavy (non-hydrogen) atoms. The van der Waals surface area contributed by atoms with Crippen molar-refractivity contribution in [3.05, 3.63) is 52.1 Å². The second-order valence-corrected chi connectivity index (χ2v) is 7.25. The van der Waals surface area contributed by atoms with Gasteiger partial charge in [0.15, 0.2) is 18.1 Å². The summed E-state index contributed by atoms with van der Waals surface area (Å²) in [6.07, 6.45) is 1.68. The van der Waals surface area contributed by atoms with Crippen LogP contribution >= 0.6 is 11.3 Å². The highest BCUT2D eigenvalue weighted by Crippen LogP contribution is 2.33. The number of aromatic nitrogens is 1. The highest BCUT2D eigenvalue weighted by molar-refractivity contribution is 7.07. The molecule has 4 rings (SSSR count). The minimum Gasteiger partial charge on any atom is -0.504 e. The van der Waals surface area contributed by atoms with Gasteiger partial charge >= 0.3 is 0 Å².